The van der Waals surface area contributed by atoms with Crippen molar-refractivity contribution in [3.63, 3.8) is 0 Å². The second-order valence-corrected chi connectivity index (χ2v) is 11.0. The van der Waals surface area contributed by atoms with E-state index in [4.69, 9.17) is 9.72 Å². The van der Waals surface area contributed by atoms with Crippen LogP contribution >= 0.6 is 11.9 Å². The number of aryl methyl sites for hydroxylation is 1. The van der Waals surface area contributed by atoms with Crippen LogP contribution in [0.25, 0.3) is 17.1 Å². The summed E-state index contributed by atoms with van der Waals surface area (Å²) in [4.78, 5) is 24.1. The van der Waals surface area contributed by atoms with E-state index in [1.54, 1.807) is 31.8 Å². The third-order valence-electron chi connectivity index (χ3n) is 7.35. The number of anilines is 5. The number of hydrogen-bond donors (Lipinski definition) is 3. The number of hydrogen-bond acceptors (Lipinski definition) is 11. The van der Waals surface area contributed by atoms with Crippen molar-refractivity contribution < 1.29 is 4.74 Å². The van der Waals surface area contributed by atoms with Gasteiger partial charge in [-0.1, -0.05) is 19.6 Å². The molecule has 0 aliphatic carbocycles. The topological polar surface area (TPSA) is 103 Å². The van der Waals surface area contributed by atoms with Gasteiger partial charge in [0.2, 0.25) is 5.95 Å². The van der Waals surface area contributed by atoms with Gasteiger partial charge in [-0.2, -0.15) is 4.98 Å². The first-order chi connectivity index (χ1) is 19.9. The number of rotatable bonds is 11. The molecule has 0 saturated carbocycles. The van der Waals surface area contributed by atoms with Gasteiger partial charge in [0, 0.05) is 55.0 Å². The van der Waals surface area contributed by atoms with E-state index in [1.807, 2.05) is 19.2 Å². The Morgan fingerprint density at radius 3 is 2.68 bits per heavy atom. The normalized spacial score (nSPS) is 15.0. The molecule has 10 nitrogen and oxygen atoms in total. The van der Waals surface area contributed by atoms with Crippen LogP contribution in [0.1, 0.15) is 24.5 Å². The monoisotopic (exact) mass is 571 g/mol. The number of ether oxygens (including phenoxy) is 1. The second kappa shape index (κ2) is 12.7. The summed E-state index contributed by atoms with van der Waals surface area (Å²) in [5.74, 6) is 1.82. The number of likely N-dealkylation sites (N-methyl/N-ethyl adjacent to an activating group) is 1. The Kier molecular flexibility index (Phi) is 8.87. The van der Waals surface area contributed by atoms with Gasteiger partial charge in [-0.3, -0.25) is 14.7 Å². The van der Waals surface area contributed by atoms with Crippen LogP contribution in [-0.2, 0) is 6.42 Å². The fraction of sp³-hybridized carbons (Fsp3) is 0.333. The minimum atomic E-state index is 0.448. The summed E-state index contributed by atoms with van der Waals surface area (Å²) in [5.41, 5.74) is 6.53. The lowest BCUT2D eigenvalue weighted by Crippen LogP contribution is -2.31. The van der Waals surface area contributed by atoms with E-state index in [0.29, 0.717) is 17.8 Å². The highest BCUT2D eigenvalue weighted by atomic mass is 32.2. The minimum Gasteiger partial charge on any atom is -0.494 e. The van der Waals surface area contributed by atoms with Gasteiger partial charge in [0.15, 0.2) is 0 Å². The number of benzene rings is 2. The molecular weight excluding hydrogens is 534 g/mol. The van der Waals surface area contributed by atoms with Crippen LogP contribution in [0.5, 0.6) is 5.75 Å². The molecule has 1 saturated heterocycles. The quantitative estimate of drug-likeness (QED) is 0.199. The molecule has 0 spiro atoms. The number of aromatic nitrogens is 4. The Balaban J connectivity index is 1.46. The van der Waals surface area contributed by atoms with Crippen LogP contribution in [0.15, 0.2) is 54.3 Å². The lowest BCUT2D eigenvalue weighted by molar-refractivity contribution is 0.315. The lowest BCUT2D eigenvalue weighted by Gasteiger charge is -2.25. The molecule has 214 valence electrons. The van der Waals surface area contributed by atoms with E-state index in [2.05, 4.69) is 79.8 Å². The maximum Gasteiger partial charge on any atom is 0.229 e. The van der Waals surface area contributed by atoms with Crippen LogP contribution in [0, 0.1) is 0 Å². The Hall–Kier alpha value is -3.93. The minimum absolute atomic E-state index is 0.448. The summed E-state index contributed by atoms with van der Waals surface area (Å²) < 4.78 is 8.99. The molecule has 1 aliphatic rings. The largest absolute Gasteiger partial charge is 0.494 e. The molecule has 3 N–H and O–H groups in total. The predicted molar refractivity (Wildman–Crippen MR) is 170 cm³/mol. The Bertz CT molecular complexity index is 1540. The van der Waals surface area contributed by atoms with E-state index in [1.165, 1.54) is 23.2 Å². The molecule has 1 atom stereocenters. The van der Waals surface area contributed by atoms with Gasteiger partial charge >= 0.3 is 0 Å². The maximum atomic E-state index is 5.84. The summed E-state index contributed by atoms with van der Waals surface area (Å²) in [6.45, 7) is 8.18. The van der Waals surface area contributed by atoms with Crippen LogP contribution in [0.4, 0.5) is 28.8 Å². The van der Waals surface area contributed by atoms with Crippen molar-refractivity contribution in [2.45, 2.75) is 30.7 Å². The number of nitrogens with one attached hydrogen (secondary N) is 3. The van der Waals surface area contributed by atoms with Crippen LogP contribution in [0.2, 0.25) is 0 Å². The second-order valence-electron chi connectivity index (χ2n) is 10.0. The average molecular weight is 572 g/mol. The van der Waals surface area contributed by atoms with Gasteiger partial charge in [-0.05, 0) is 69.7 Å². The highest BCUT2D eigenvalue weighted by Crippen LogP contribution is 2.38. The zero-order valence-corrected chi connectivity index (χ0v) is 25.0. The molecular formula is C30H37N9OS. The van der Waals surface area contributed by atoms with E-state index in [9.17, 15) is 0 Å². The van der Waals surface area contributed by atoms with Crippen LogP contribution in [-0.4, -0.2) is 72.2 Å². The first-order valence-electron chi connectivity index (χ1n) is 13.7. The highest BCUT2D eigenvalue weighted by Gasteiger charge is 2.26. The zero-order valence-electron chi connectivity index (χ0n) is 24.2. The zero-order chi connectivity index (χ0) is 28.9. The molecule has 41 heavy (non-hydrogen) atoms. The molecule has 1 fully saturated rings. The molecule has 11 heteroatoms. The summed E-state index contributed by atoms with van der Waals surface area (Å²) >= 11 is 1.47. The van der Waals surface area contributed by atoms with Crippen molar-refractivity contribution in [1.82, 2.24) is 29.6 Å². The lowest BCUT2D eigenvalue weighted by atomic mass is 10.1. The number of nitrogens with zero attached hydrogens (tertiary/aromatic N) is 6. The molecule has 4 aromatic rings. The van der Waals surface area contributed by atoms with Gasteiger partial charge in [0.25, 0.3) is 0 Å². The fourth-order valence-electron chi connectivity index (χ4n) is 5.10. The molecule has 0 bridgehead atoms. The standard InChI is InChI=1S/C30H37N9OS/c1-7-19-15-24(26(40-6)16-25(19)39-14-11-21(18-39)38(4)5)36-30-34-17-20(8-2)29(37-30)35-23-10-9-22-27(28(23)41-31-3)33-13-12-32-22/h8-10,12-13,15-17,21,31H,2,7,11,14,18H2,1,3-6H3,(H2,34,35,36,37). The number of fused-ring (bicyclic) bond motifs is 1. The SMILES string of the molecule is C=Cc1cnc(Nc2cc(CC)c(N3CCC(N(C)C)C3)cc2OC)nc1Nc1ccc2nccnc2c1SNC. The van der Waals surface area contributed by atoms with Crippen molar-refractivity contribution in [3.8, 4) is 5.75 Å². The summed E-state index contributed by atoms with van der Waals surface area (Å²) in [6.07, 6.45) is 8.93. The van der Waals surface area contributed by atoms with E-state index < -0.39 is 0 Å². The van der Waals surface area contributed by atoms with Gasteiger partial charge < -0.3 is 25.2 Å². The molecule has 1 unspecified atom stereocenters. The van der Waals surface area contributed by atoms with Crippen molar-refractivity contribution >= 4 is 57.9 Å². The summed E-state index contributed by atoms with van der Waals surface area (Å²) in [7, 11) is 7.87. The molecule has 1 aliphatic heterocycles. The molecule has 5 rings (SSSR count). The maximum absolute atomic E-state index is 5.84. The van der Waals surface area contributed by atoms with Crippen molar-refractivity contribution in [3.05, 3.63) is 60.6 Å². The van der Waals surface area contributed by atoms with E-state index >= 15 is 0 Å². The third-order valence-corrected chi connectivity index (χ3v) is 8.17. The first kappa shape index (κ1) is 28.6. The highest BCUT2D eigenvalue weighted by molar-refractivity contribution is 7.97. The Morgan fingerprint density at radius 2 is 1.98 bits per heavy atom. The van der Waals surface area contributed by atoms with Gasteiger partial charge in [-0.15, -0.1) is 0 Å². The summed E-state index contributed by atoms with van der Waals surface area (Å²) in [6, 6.07) is 8.76. The van der Waals surface area contributed by atoms with Crippen molar-refractivity contribution in [2.24, 2.45) is 0 Å². The number of methoxy groups -OCH3 is 1. The Labute approximate surface area is 245 Å². The molecule has 3 heterocycles. The van der Waals surface area contributed by atoms with Crippen molar-refractivity contribution in [2.75, 3.05) is 56.9 Å². The summed E-state index contributed by atoms with van der Waals surface area (Å²) in [5, 5.41) is 6.87. The average Bonchev–Trinajstić information content (AvgIpc) is 3.49. The molecule has 0 amide bonds. The van der Waals surface area contributed by atoms with Crippen molar-refractivity contribution in [1.29, 1.82) is 0 Å². The fourth-order valence-corrected chi connectivity index (χ4v) is 5.79. The first-order valence-corrected chi connectivity index (χ1v) is 14.5. The molecule has 2 aromatic heterocycles. The molecule has 2 aromatic carbocycles. The Morgan fingerprint density at radius 1 is 1.15 bits per heavy atom. The van der Waals surface area contributed by atoms with Crippen LogP contribution < -0.4 is 25.0 Å². The van der Waals surface area contributed by atoms with Gasteiger partial charge in [-0.25, -0.2) is 4.98 Å². The smallest absolute Gasteiger partial charge is 0.229 e. The predicted octanol–water partition coefficient (Wildman–Crippen LogP) is 5.49. The van der Waals surface area contributed by atoms with E-state index in [-0.39, 0.29) is 0 Å². The van der Waals surface area contributed by atoms with E-state index in [0.717, 1.165) is 64.5 Å². The molecule has 0 radical (unpaired) electrons. The van der Waals surface area contributed by atoms with Crippen LogP contribution in [0.3, 0.4) is 0 Å². The van der Waals surface area contributed by atoms with Gasteiger partial charge in [0.1, 0.15) is 17.1 Å². The third kappa shape index (κ3) is 6.07. The van der Waals surface area contributed by atoms with Gasteiger partial charge in [0.05, 0.1) is 28.9 Å².